The molecule has 0 unspecified atom stereocenters. The Balaban J connectivity index is 0.000000151. The minimum atomic E-state index is 0.224. The number of hydrogen-bond acceptors (Lipinski definition) is 3. The first-order valence-corrected chi connectivity index (χ1v) is 8.61. The van der Waals surface area contributed by atoms with Gasteiger partial charge in [0.2, 0.25) is 0 Å². The van der Waals surface area contributed by atoms with Crippen molar-refractivity contribution in [2.75, 3.05) is 0 Å². The van der Waals surface area contributed by atoms with Gasteiger partial charge in [0.25, 0.3) is 0 Å². The van der Waals surface area contributed by atoms with Gasteiger partial charge in [-0.3, -0.25) is 0 Å². The predicted molar refractivity (Wildman–Crippen MR) is 107 cm³/mol. The first-order chi connectivity index (χ1) is 12.6. The topological polar surface area (TPSA) is 67.9 Å². The highest BCUT2D eigenvalue weighted by Gasteiger charge is 2.32. The second-order valence-corrected chi connectivity index (χ2v) is 6.42. The van der Waals surface area contributed by atoms with Gasteiger partial charge in [0.15, 0.2) is 0 Å². The summed E-state index contributed by atoms with van der Waals surface area (Å²) < 4.78 is 0. The van der Waals surface area contributed by atoms with Gasteiger partial charge in [-0.1, -0.05) is 66.7 Å². The fourth-order valence-corrected chi connectivity index (χ4v) is 2.91. The van der Waals surface area contributed by atoms with Crippen LogP contribution in [0, 0.1) is 10.8 Å². The van der Waals surface area contributed by atoms with E-state index in [4.69, 9.17) is 15.9 Å². The van der Waals surface area contributed by atoms with E-state index in [1.165, 1.54) is 16.7 Å². The Kier molecular flexibility index (Phi) is 5.28. The highest BCUT2D eigenvalue weighted by molar-refractivity contribution is 6.39. The minimum Gasteiger partial charge on any atom is -0.508 e. The fraction of sp³-hybridized carbons (Fsp3) is 0.130. The summed E-state index contributed by atoms with van der Waals surface area (Å²) in [7, 11) is 0. The molecule has 3 aromatic rings. The molecule has 26 heavy (non-hydrogen) atoms. The zero-order valence-corrected chi connectivity index (χ0v) is 14.7. The summed E-state index contributed by atoms with van der Waals surface area (Å²) in [5.74, 6) is 0.818. The summed E-state index contributed by atoms with van der Waals surface area (Å²) >= 11 is 0. The van der Waals surface area contributed by atoms with Crippen molar-refractivity contribution in [3.8, 4) is 5.75 Å². The van der Waals surface area contributed by atoms with Crippen LogP contribution >= 0.6 is 0 Å². The second-order valence-electron chi connectivity index (χ2n) is 6.42. The lowest BCUT2D eigenvalue weighted by molar-refractivity contribution is 0.475. The van der Waals surface area contributed by atoms with E-state index in [9.17, 15) is 0 Å². The largest absolute Gasteiger partial charge is 0.508 e. The van der Waals surface area contributed by atoms with Crippen LogP contribution in [0.2, 0.25) is 0 Å². The lowest BCUT2D eigenvalue weighted by atomic mass is 10.1. The summed E-state index contributed by atoms with van der Waals surface area (Å²) in [6, 6.07) is 26.0. The quantitative estimate of drug-likeness (QED) is 0.440. The molecule has 0 radical (unpaired) electrons. The van der Waals surface area contributed by atoms with E-state index < -0.39 is 0 Å². The monoisotopic (exact) mass is 342 g/mol. The number of fused-ring (bicyclic) bond motifs is 1. The molecule has 0 aromatic heterocycles. The van der Waals surface area contributed by atoms with Crippen molar-refractivity contribution >= 4 is 11.4 Å². The second kappa shape index (κ2) is 7.79. The van der Waals surface area contributed by atoms with E-state index in [-0.39, 0.29) is 11.5 Å². The Morgan fingerprint density at radius 2 is 1.35 bits per heavy atom. The van der Waals surface area contributed by atoms with Gasteiger partial charge in [-0.05, 0) is 41.3 Å². The Bertz CT molecular complexity index is 891. The molecule has 0 spiro atoms. The van der Waals surface area contributed by atoms with Gasteiger partial charge in [0.1, 0.15) is 5.75 Å². The first-order valence-electron chi connectivity index (χ1n) is 8.61. The molecule has 0 amide bonds. The van der Waals surface area contributed by atoms with E-state index in [1.54, 1.807) is 31.2 Å². The van der Waals surface area contributed by atoms with Gasteiger partial charge in [-0.25, -0.2) is 0 Å². The summed E-state index contributed by atoms with van der Waals surface area (Å²) in [4.78, 5) is 0. The van der Waals surface area contributed by atoms with Crippen LogP contribution in [0.3, 0.4) is 0 Å². The summed E-state index contributed by atoms with van der Waals surface area (Å²) in [5.41, 5.74) is 5.94. The van der Waals surface area contributed by atoms with Crippen LogP contribution in [0.5, 0.6) is 5.75 Å². The lowest BCUT2D eigenvalue weighted by Crippen LogP contribution is -2.10. The molecule has 3 N–H and O–H groups in total. The third-order valence-electron chi connectivity index (χ3n) is 4.44. The average molecular weight is 342 g/mol. The maximum absolute atomic E-state index is 9.00. The van der Waals surface area contributed by atoms with Crippen molar-refractivity contribution in [2.24, 2.45) is 0 Å². The summed E-state index contributed by atoms with van der Waals surface area (Å²) in [6.07, 6.45) is 0.454. The molecule has 1 aliphatic rings. The van der Waals surface area contributed by atoms with Gasteiger partial charge in [0.05, 0.1) is 5.71 Å². The third-order valence-corrected chi connectivity index (χ3v) is 4.44. The number of phenols is 1. The Morgan fingerprint density at radius 1 is 0.808 bits per heavy atom. The fourth-order valence-electron chi connectivity index (χ4n) is 2.91. The van der Waals surface area contributed by atoms with Crippen LogP contribution in [-0.4, -0.2) is 16.5 Å². The van der Waals surface area contributed by atoms with Crippen molar-refractivity contribution < 1.29 is 5.11 Å². The number of hydrogen-bond donors (Lipinski definition) is 3. The molecular weight excluding hydrogens is 320 g/mol. The summed E-state index contributed by atoms with van der Waals surface area (Å²) in [6.45, 7) is 1.60. The van der Waals surface area contributed by atoms with Gasteiger partial charge in [-0.15, -0.1) is 0 Å². The molecule has 0 saturated carbocycles. The summed E-state index contributed by atoms with van der Waals surface area (Å²) in [5, 5.41) is 23.7. The van der Waals surface area contributed by atoms with E-state index in [0.29, 0.717) is 18.1 Å². The molecule has 0 atom stereocenters. The molecule has 0 aliphatic heterocycles. The normalized spacial score (nSPS) is 11.7. The van der Waals surface area contributed by atoms with Crippen LogP contribution < -0.4 is 0 Å². The van der Waals surface area contributed by atoms with Crippen molar-refractivity contribution in [2.45, 2.75) is 19.3 Å². The van der Waals surface area contributed by atoms with Gasteiger partial charge < -0.3 is 15.9 Å². The molecule has 130 valence electrons. The molecule has 0 saturated heterocycles. The molecule has 1 aliphatic carbocycles. The Labute approximate surface area is 154 Å². The van der Waals surface area contributed by atoms with Crippen LogP contribution in [0.4, 0.5) is 0 Å². The first kappa shape index (κ1) is 17.6. The zero-order chi connectivity index (χ0) is 18.5. The molecular formula is C23H22N2O. The predicted octanol–water partition coefficient (Wildman–Crippen LogP) is 5.17. The molecule has 3 heteroatoms. The Hall–Kier alpha value is -3.20. The zero-order valence-electron chi connectivity index (χ0n) is 14.7. The highest BCUT2D eigenvalue weighted by Crippen LogP contribution is 2.47. The lowest BCUT2D eigenvalue weighted by Gasteiger charge is -2.01. The van der Waals surface area contributed by atoms with Crippen molar-refractivity contribution in [3.63, 3.8) is 0 Å². The van der Waals surface area contributed by atoms with Crippen LogP contribution in [0.15, 0.2) is 78.9 Å². The van der Waals surface area contributed by atoms with E-state index in [2.05, 4.69) is 54.6 Å². The molecule has 0 fully saturated rings. The smallest absolute Gasteiger partial charge is 0.115 e. The van der Waals surface area contributed by atoms with Crippen molar-refractivity contribution in [1.29, 1.82) is 10.8 Å². The third kappa shape index (κ3) is 4.25. The van der Waals surface area contributed by atoms with E-state index >= 15 is 0 Å². The van der Waals surface area contributed by atoms with Crippen LogP contribution in [-0.2, 0) is 6.42 Å². The molecule has 4 rings (SSSR count). The highest BCUT2D eigenvalue weighted by atomic mass is 16.3. The number of rotatable bonds is 4. The number of nitrogens with one attached hydrogen (secondary N) is 2. The minimum absolute atomic E-state index is 0.224. The molecule has 0 heterocycles. The van der Waals surface area contributed by atoms with Crippen LogP contribution in [0.25, 0.3) is 0 Å². The number of phenolic OH excluding ortho intramolecular Hbond substituents is 1. The van der Waals surface area contributed by atoms with Crippen molar-refractivity contribution in [1.82, 2.24) is 0 Å². The van der Waals surface area contributed by atoms with Gasteiger partial charge >= 0.3 is 0 Å². The average Bonchev–Trinajstić information content (AvgIpc) is 3.39. The van der Waals surface area contributed by atoms with Crippen LogP contribution in [0.1, 0.15) is 35.1 Å². The van der Waals surface area contributed by atoms with Crippen molar-refractivity contribution in [3.05, 3.63) is 101 Å². The standard InChI is InChI=1S/C13H10.C10H12N2O/c1-2-6-10(7-3-1)13-11-8-4-5-9-12(11)13;1-7(11)10(12)6-8-2-4-9(13)5-3-8/h1-9,13H;2-5,11-13H,6H2,1H3. The van der Waals surface area contributed by atoms with Gasteiger partial charge in [-0.2, -0.15) is 0 Å². The van der Waals surface area contributed by atoms with Gasteiger partial charge in [0, 0.05) is 18.1 Å². The molecule has 3 nitrogen and oxygen atoms in total. The van der Waals surface area contributed by atoms with E-state index in [0.717, 1.165) is 5.56 Å². The van der Waals surface area contributed by atoms with E-state index in [1.807, 2.05) is 0 Å². The number of aromatic hydroxyl groups is 1. The number of benzene rings is 3. The molecule has 0 bridgehead atoms. The SMILES string of the molecule is CC(=N)C(=N)Cc1ccc(O)cc1.c1ccc(C2c3ccccc32)cc1. The maximum atomic E-state index is 9.00. The molecule has 3 aromatic carbocycles. The Morgan fingerprint density at radius 3 is 1.88 bits per heavy atom. The maximum Gasteiger partial charge on any atom is 0.115 e.